The van der Waals surface area contributed by atoms with E-state index in [1.54, 1.807) is 7.11 Å². The second-order valence-electron chi connectivity index (χ2n) is 3.98. The molecule has 1 aromatic carbocycles. The van der Waals surface area contributed by atoms with Crippen LogP contribution in [0.25, 0.3) is 0 Å². The Kier molecular flexibility index (Phi) is 3.93. The SMILES string of the molecule is COc1csc(C(N)Cc2cc(F)cc(F)c2)c1. The summed E-state index contributed by atoms with van der Waals surface area (Å²) in [6, 6.07) is 5.00. The number of ether oxygens (including phenoxy) is 1. The molecule has 2 aromatic rings. The van der Waals surface area contributed by atoms with Crippen molar-refractivity contribution in [3.05, 3.63) is 51.7 Å². The first kappa shape index (κ1) is 13.0. The molecule has 0 aliphatic carbocycles. The van der Waals surface area contributed by atoms with Gasteiger partial charge in [0.25, 0.3) is 0 Å². The van der Waals surface area contributed by atoms with Gasteiger partial charge in [-0.25, -0.2) is 8.78 Å². The predicted molar refractivity (Wildman–Crippen MR) is 67.9 cm³/mol. The largest absolute Gasteiger partial charge is 0.496 e. The van der Waals surface area contributed by atoms with Crippen LogP contribution in [-0.4, -0.2) is 7.11 Å². The fourth-order valence-electron chi connectivity index (χ4n) is 1.72. The molecule has 0 saturated carbocycles. The molecular formula is C13H13F2NOS. The molecule has 96 valence electrons. The van der Waals surface area contributed by atoms with Crippen LogP contribution >= 0.6 is 11.3 Å². The van der Waals surface area contributed by atoms with Crippen molar-refractivity contribution in [3.63, 3.8) is 0 Å². The van der Waals surface area contributed by atoms with Crippen LogP contribution in [0.4, 0.5) is 8.78 Å². The topological polar surface area (TPSA) is 35.2 Å². The Hall–Kier alpha value is -1.46. The summed E-state index contributed by atoms with van der Waals surface area (Å²) >= 11 is 1.47. The monoisotopic (exact) mass is 269 g/mol. The van der Waals surface area contributed by atoms with E-state index in [0.29, 0.717) is 12.0 Å². The van der Waals surface area contributed by atoms with E-state index in [1.807, 2.05) is 11.4 Å². The average molecular weight is 269 g/mol. The van der Waals surface area contributed by atoms with Gasteiger partial charge in [-0.2, -0.15) is 0 Å². The molecule has 0 radical (unpaired) electrons. The summed E-state index contributed by atoms with van der Waals surface area (Å²) in [5, 5.41) is 1.85. The number of hydrogen-bond donors (Lipinski definition) is 1. The maximum absolute atomic E-state index is 13.0. The van der Waals surface area contributed by atoms with Crippen LogP contribution in [-0.2, 0) is 6.42 Å². The van der Waals surface area contributed by atoms with Gasteiger partial charge in [0.1, 0.15) is 17.4 Å². The lowest BCUT2D eigenvalue weighted by molar-refractivity contribution is 0.416. The highest BCUT2D eigenvalue weighted by Crippen LogP contribution is 2.27. The molecule has 0 aliphatic heterocycles. The highest BCUT2D eigenvalue weighted by atomic mass is 32.1. The third-order valence-corrected chi connectivity index (χ3v) is 3.62. The molecule has 0 fully saturated rings. The maximum Gasteiger partial charge on any atom is 0.129 e. The van der Waals surface area contributed by atoms with E-state index in [2.05, 4.69) is 0 Å². The summed E-state index contributed by atoms with van der Waals surface area (Å²) in [5.41, 5.74) is 6.55. The average Bonchev–Trinajstić information content (AvgIpc) is 2.75. The molecular weight excluding hydrogens is 256 g/mol. The zero-order chi connectivity index (χ0) is 13.1. The van der Waals surface area contributed by atoms with Crippen LogP contribution in [0, 0.1) is 11.6 Å². The second kappa shape index (κ2) is 5.46. The third-order valence-electron chi connectivity index (χ3n) is 2.57. The van der Waals surface area contributed by atoms with Gasteiger partial charge in [-0.05, 0) is 30.2 Å². The molecule has 0 saturated heterocycles. The molecule has 0 aliphatic rings. The number of rotatable bonds is 4. The van der Waals surface area contributed by atoms with E-state index in [-0.39, 0.29) is 6.04 Å². The van der Waals surface area contributed by atoms with Gasteiger partial charge in [-0.15, -0.1) is 11.3 Å². The first-order chi connectivity index (χ1) is 8.58. The fraction of sp³-hybridized carbons (Fsp3) is 0.231. The molecule has 1 atom stereocenters. The molecule has 2 N–H and O–H groups in total. The number of methoxy groups -OCH3 is 1. The Morgan fingerprint density at radius 2 is 1.89 bits per heavy atom. The van der Waals surface area contributed by atoms with Crippen molar-refractivity contribution in [1.82, 2.24) is 0 Å². The van der Waals surface area contributed by atoms with Crippen LogP contribution < -0.4 is 10.5 Å². The van der Waals surface area contributed by atoms with Crippen molar-refractivity contribution in [1.29, 1.82) is 0 Å². The van der Waals surface area contributed by atoms with Crippen LogP contribution in [0.3, 0.4) is 0 Å². The van der Waals surface area contributed by atoms with Crippen molar-refractivity contribution in [2.75, 3.05) is 7.11 Å². The molecule has 1 unspecified atom stereocenters. The maximum atomic E-state index is 13.0. The van der Waals surface area contributed by atoms with Crippen molar-refractivity contribution in [3.8, 4) is 5.75 Å². The Labute approximate surface area is 108 Å². The molecule has 2 rings (SSSR count). The summed E-state index contributed by atoms with van der Waals surface area (Å²) < 4.78 is 31.2. The van der Waals surface area contributed by atoms with Gasteiger partial charge < -0.3 is 10.5 Å². The zero-order valence-electron chi connectivity index (χ0n) is 9.82. The zero-order valence-corrected chi connectivity index (χ0v) is 10.6. The van der Waals surface area contributed by atoms with E-state index in [9.17, 15) is 8.78 Å². The summed E-state index contributed by atoms with van der Waals surface area (Å²) in [7, 11) is 1.58. The Bertz CT molecular complexity index is 521. The summed E-state index contributed by atoms with van der Waals surface area (Å²) in [5.74, 6) is -0.419. The Balaban J connectivity index is 2.12. The number of benzene rings is 1. The second-order valence-corrected chi connectivity index (χ2v) is 4.92. The fourth-order valence-corrected chi connectivity index (χ4v) is 2.58. The molecule has 1 aromatic heterocycles. The third kappa shape index (κ3) is 3.05. The van der Waals surface area contributed by atoms with E-state index in [4.69, 9.17) is 10.5 Å². The standard InChI is InChI=1S/C13H13F2NOS/c1-17-11-6-13(18-7-11)12(16)4-8-2-9(14)5-10(15)3-8/h2-3,5-7,12H,4,16H2,1H3. The van der Waals surface area contributed by atoms with E-state index in [1.165, 1.54) is 23.5 Å². The van der Waals surface area contributed by atoms with Crippen LogP contribution in [0.1, 0.15) is 16.5 Å². The van der Waals surface area contributed by atoms with E-state index < -0.39 is 11.6 Å². The predicted octanol–water partition coefficient (Wildman–Crippen LogP) is 3.28. The molecule has 1 heterocycles. The number of nitrogens with two attached hydrogens (primary N) is 1. The molecule has 5 heteroatoms. The minimum Gasteiger partial charge on any atom is -0.496 e. The lowest BCUT2D eigenvalue weighted by atomic mass is 10.1. The van der Waals surface area contributed by atoms with Gasteiger partial charge in [0.2, 0.25) is 0 Å². The highest BCUT2D eigenvalue weighted by Gasteiger charge is 2.11. The highest BCUT2D eigenvalue weighted by molar-refractivity contribution is 7.10. The van der Waals surface area contributed by atoms with Gasteiger partial charge in [-0.1, -0.05) is 0 Å². The Morgan fingerprint density at radius 1 is 1.22 bits per heavy atom. The minimum absolute atomic E-state index is 0.292. The van der Waals surface area contributed by atoms with Gasteiger partial charge in [0, 0.05) is 22.4 Å². The van der Waals surface area contributed by atoms with Crippen molar-refractivity contribution < 1.29 is 13.5 Å². The summed E-state index contributed by atoms with van der Waals surface area (Å²) in [6.45, 7) is 0. The van der Waals surface area contributed by atoms with Crippen molar-refractivity contribution >= 4 is 11.3 Å². The number of hydrogen-bond acceptors (Lipinski definition) is 3. The van der Waals surface area contributed by atoms with Crippen LogP contribution in [0.2, 0.25) is 0 Å². The van der Waals surface area contributed by atoms with Gasteiger partial charge in [0.15, 0.2) is 0 Å². The molecule has 2 nitrogen and oxygen atoms in total. The van der Waals surface area contributed by atoms with Crippen molar-refractivity contribution in [2.45, 2.75) is 12.5 Å². The van der Waals surface area contributed by atoms with Gasteiger partial charge in [0.05, 0.1) is 7.11 Å². The van der Waals surface area contributed by atoms with E-state index in [0.717, 1.165) is 16.7 Å². The molecule has 0 bridgehead atoms. The molecule has 0 amide bonds. The number of halogens is 2. The smallest absolute Gasteiger partial charge is 0.129 e. The number of thiophene rings is 1. The summed E-state index contributed by atoms with van der Waals surface area (Å²) in [6.07, 6.45) is 0.387. The Morgan fingerprint density at radius 3 is 2.44 bits per heavy atom. The first-order valence-corrected chi connectivity index (χ1v) is 6.29. The van der Waals surface area contributed by atoms with Crippen LogP contribution in [0.5, 0.6) is 5.75 Å². The van der Waals surface area contributed by atoms with Crippen LogP contribution in [0.15, 0.2) is 29.6 Å². The minimum atomic E-state index is -0.582. The molecule has 18 heavy (non-hydrogen) atoms. The quantitative estimate of drug-likeness (QED) is 0.924. The van der Waals surface area contributed by atoms with Gasteiger partial charge >= 0.3 is 0 Å². The first-order valence-electron chi connectivity index (χ1n) is 5.41. The van der Waals surface area contributed by atoms with Crippen molar-refractivity contribution in [2.24, 2.45) is 5.73 Å². The normalized spacial score (nSPS) is 12.4. The summed E-state index contributed by atoms with van der Waals surface area (Å²) in [4.78, 5) is 0.927. The lowest BCUT2D eigenvalue weighted by Gasteiger charge is -2.09. The van der Waals surface area contributed by atoms with Gasteiger partial charge in [-0.3, -0.25) is 0 Å². The molecule has 0 spiro atoms. The lowest BCUT2D eigenvalue weighted by Crippen LogP contribution is -2.12. The van der Waals surface area contributed by atoms with E-state index >= 15 is 0 Å².